The number of hydrogen-bond acceptors (Lipinski definition) is 4. The van der Waals surface area contributed by atoms with Crippen molar-refractivity contribution < 1.29 is 17.8 Å². The second-order valence-electron chi connectivity index (χ2n) is 2.57. The summed E-state index contributed by atoms with van der Waals surface area (Å²) in [6.07, 6.45) is 1.48. The minimum atomic E-state index is -4.04. The van der Waals surface area contributed by atoms with E-state index in [4.69, 9.17) is 4.55 Å². The van der Waals surface area contributed by atoms with Gasteiger partial charge in [-0.3, -0.25) is 9.35 Å². The maximum absolute atomic E-state index is 10.8. The van der Waals surface area contributed by atoms with Crippen molar-refractivity contribution in [2.45, 2.75) is 19.4 Å². The summed E-state index contributed by atoms with van der Waals surface area (Å²) in [6.45, 7) is 4.93. The van der Waals surface area contributed by atoms with Gasteiger partial charge in [0, 0.05) is 6.04 Å². The maximum atomic E-state index is 10.8. The fraction of sp³-hybridized carbons (Fsp3) is 0.571. The molecule has 0 spiro atoms. The van der Waals surface area contributed by atoms with Crippen LogP contribution >= 0.6 is 0 Å². The van der Waals surface area contributed by atoms with E-state index in [1.807, 2.05) is 0 Å². The van der Waals surface area contributed by atoms with Crippen LogP contribution in [0, 0.1) is 0 Å². The number of amides is 1. The Balaban J connectivity index is 0. The van der Waals surface area contributed by atoms with Crippen LogP contribution in [-0.2, 0) is 14.9 Å². The summed E-state index contributed by atoms with van der Waals surface area (Å²) in [5, 5.41) is 2.38. The fourth-order valence-electron chi connectivity index (χ4n) is 0.776. The van der Waals surface area contributed by atoms with Gasteiger partial charge in [0.25, 0.3) is 10.1 Å². The summed E-state index contributed by atoms with van der Waals surface area (Å²) in [5.74, 6) is -0.918. The molecule has 7 heteroatoms. The van der Waals surface area contributed by atoms with Crippen molar-refractivity contribution in [1.82, 2.24) is 11.5 Å². The Kier molecular flexibility index (Phi) is 7.24. The van der Waals surface area contributed by atoms with Crippen LogP contribution in [0.1, 0.15) is 13.3 Å². The van der Waals surface area contributed by atoms with E-state index in [1.54, 1.807) is 6.92 Å². The largest absolute Gasteiger partial charge is 0.349 e. The third-order valence-corrected chi connectivity index (χ3v) is 2.26. The molecule has 0 saturated heterocycles. The predicted octanol–water partition coefficient (Wildman–Crippen LogP) is 0.117. The van der Waals surface area contributed by atoms with Crippen LogP contribution in [-0.4, -0.2) is 30.7 Å². The van der Waals surface area contributed by atoms with E-state index in [9.17, 15) is 13.2 Å². The van der Waals surface area contributed by atoms with Crippen LogP contribution in [0.2, 0.25) is 0 Å². The molecule has 1 atom stereocenters. The highest BCUT2D eigenvalue weighted by molar-refractivity contribution is 7.85. The van der Waals surface area contributed by atoms with Crippen LogP contribution in [0.15, 0.2) is 12.7 Å². The van der Waals surface area contributed by atoms with Gasteiger partial charge in [-0.25, -0.2) is 0 Å². The lowest BCUT2D eigenvalue weighted by Gasteiger charge is -2.13. The van der Waals surface area contributed by atoms with Crippen molar-refractivity contribution in [3.63, 3.8) is 0 Å². The molecular weight excluding hydrogens is 208 g/mol. The van der Waals surface area contributed by atoms with E-state index in [0.717, 1.165) is 6.08 Å². The van der Waals surface area contributed by atoms with Gasteiger partial charge in [-0.1, -0.05) is 13.5 Å². The molecule has 0 aromatic rings. The smallest absolute Gasteiger partial charge is 0.266 e. The first-order valence-electron chi connectivity index (χ1n) is 3.77. The monoisotopic (exact) mass is 224 g/mol. The van der Waals surface area contributed by atoms with Gasteiger partial charge >= 0.3 is 0 Å². The van der Waals surface area contributed by atoms with Crippen LogP contribution in [0.25, 0.3) is 0 Å². The zero-order valence-electron chi connectivity index (χ0n) is 8.06. The Morgan fingerprint density at radius 2 is 2.14 bits per heavy atom. The van der Waals surface area contributed by atoms with Crippen molar-refractivity contribution in [1.29, 1.82) is 0 Å². The van der Waals surface area contributed by atoms with Gasteiger partial charge in [0.2, 0.25) is 5.91 Å². The molecular formula is C7H16N2O4S. The SMILES string of the molecule is C=CC(=O)NC(CC)CS(=O)(=O)O.N. The summed E-state index contributed by atoms with van der Waals surface area (Å²) in [7, 11) is -4.04. The van der Waals surface area contributed by atoms with E-state index in [1.165, 1.54) is 0 Å². The average molecular weight is 224 g/mol. The summed E-state index contributed by atoms with van der Waals surface area (Å²) in [5.41, 5.74) is 0. The predicted molar refractivity (Wildman–Crippen MR) is 53.9 cm³/mol. The highest BCUT2D eigenvalue weighted by Crippen LogP contribution is 1.95. The van der Waals surface area contributed by atoms with Crippen LogP contribution in [0.4, 0.5) is 0 Å². The van der Waals surface area contributed by atoms with Crippen LogP contribution in [0.3, 0.4) is 0 Å². The first-order chi connectivity index (χ1) is 5.89. The van der Waals surface area contributed by atoms with Crippen LogP contribution in [0.5, 0.6) is 0 Å². The molecule has 0 rings (SSSR count). The second-order valence-corrected chi connectivity index (χ2v) is 4.06. The normalized spacial score (nSPS) is 12.4. The first-order valence-corrected chi connectivity index (χ1v) is 5.38. The molecule has 14 heavy (non-hydrogen) atoms. The maximum Gasteiger partial charge on any atom is 0.266 e. The molecule has 1 amide bonds. The molecule has 0 aliphatic rings. The minimum Gasteiger partial charge on any atom is -0.349 e. The molecule has 0 aliphatic carbocycles. The van der Waals surface area contributed by atoms with Gasteiger partial charge in [0.15, 0.2) is 0 Å². The molecule has 0 saturated carbocycles. The second kappa shape index (κ2) is 6.52. The molecule has 6 nitrogen and oxygen atoms in total. The summed E-state index contributed by atoms with van der Waals surface area (Å²) in [4.78, 5) is 10.8. The third kappa shape index (κ3) is 7.71. The van der Waals surface area contributed by atoms with Crippen molar-refractivity contribution >= 4 is 16.0 Å². The van der Waals surface area contributed by atoms with Crippen molar-refractivity contribution in [3.05, 3.63) is 12.7 Å². The highest BCUT2D eigenvalue weighted by Gasteiger charge is 2.15. The molecule has 5 N–H and O–H groups in total. The number of carbonyl (C=O) groups excluding carboxylic acids is 1. The Morgan fingerprint density at radius 3 is 2.43 bits per heavy atom. The Morgan fingerprint density at radius 1 is 1.64 bits per heavy atom. The molecule has 0 aromatic heterocycles. The third-order valence-electron chi connectivity index (χ3n) is 1.44. The summed E-state index contributed by atoms with van der Waals surface area (Å²) >= 11 is 0. The van der Waals surface area contributed by atoms with Gasteiger partial charge in [0.1, 0.15) is 0 Å². The number of nitrogens with one attached hydrogen (secondary N) is 1. The van der Waals surface area contributed by atoms with E-state index in [-0.39, 0.29) is 6.15 Å². The van der Waals surface area contributed by atoms with Crippen molar-refractivity contribution in [2.24, 2.45) is 0 Å². The Hall–Kier alpha value is -0.920. The van der Waals surface area contributed by atoms with Crippen LogP contribution < -0.4 is 11.5 Å². The van der Waals surface area contributed by atoms with E-state index >= 15 is 0 Å². The quantitative estimate of drug-likeness (QED) is 0.452. The molecule has 84 valence electrons. The highest BCUT2D eigenvalue weighted by atomic mass is 32.2. The van der Waals surface area contributed by atoms with E-state index in [0.29, 0.717) is 6.42 Å². The van der Waals surface area contributed by atoms with E-state index < -0.39 is 27.8 Å². The first kappa shape index (κ1) is 15.5. The standard InChI is InChI=1S/C7H13NO4S.H3N/c1-3-6(5-13(10,11)12)8-7(9)4-2;/h4,6H,2-3,5H2,1H3,(H,8,9)(H,10,11,12);1H3. The molecule has 0 fully saturated rings. The number of hydrogen-bond donors (Lipinski definition) is 3. The zero-order chi connectivity index (χ0) is 10.5. The number of carbonyl (C=O) groups is 1. The van der Waals surface area contributed by atoms with Gasteiger partial charge < -0.3 is 11.5 Å². The van der Waals surface area contributed by atoms with Gasteiger partial charge in [-0.2, -0.15) is 8.42 Å². The Labute approximate surface area is 83.7 Å². The van der Waals surface area contributed by atoms with Crippen molar-refractivity contribution in [3.8, 4) is 0 Å². The topological polar surface area (TPSA) is 118 Å². The summed E-state index contributed by atoms with van der Waals surface area (Å²) < 4.78 is 29.4. The molecule has 0 radical (unpaired) electrons. The van der Waals surface area contributed by atoms with Gasteiger partial charge in [-0.05, 0) is 12.5 Å². The molecule has 0 aliphatic heterocycles. The van der Waals surface area contributed by atoms with Gasteiger partial charge in [0.05, 0.1) is 5.75 Å². The molecule has 0 bridgehead atoms. The van der Waals surface area contributed by atoms with Crippen molar-refractivity contribution in [2.75, 3.05) is 5.75 Å². The number of rotatable bonds is 5. The minimum absolute atomic E-state index is 0. The fourth-order valence-corrected chi connectivity index (χ4v) is 1.60. The Bertz CT molecular complexity index is 286. The lowest BCUT2D eigenvalue weighted by Crippen LogP contribution is -2.38. The summed E-state index contributed by atoms with van der Waals surface area (Å²) in [6, 6.07) is -0.569. The van der Waals surface area contributed by atoms with E-state index in [2.05, 4.69) is 11.9 Å². The van der Waals surface area contributed by atoms with Gasteiger partial charge in [-0.15, -0.1) is 0 Å². The molecule has 0 heterocycles. The average Bonchev–Trinajstić information content (AvgIpc) is 2.00. The molecule has 0 aromatic carbocycles. The lowest BCUT2D eigenvalue weighted by atomic mass is 10.2. The zero-order valence-corrected chi connectivity index (χ0v) is 8.88. The lowest BCUT2D eigenvalue weighted by molar-refractivity contribution is -0.117. The molecule has 1 unspecified atom stereocenters.